The zero-order valence-electron chi connectivity index (χ0n) is 12.4. The van der Waals surface area contributed by atoms with Crippen LogP contribution in [0.15, 0.2) is 18.2 Å². The molecule has 0 saturated carbocycles. The third-order valence-electron chi connectivity index (χ3n) is 3.47. The van der Waals surface area contributed by atoms with Crippen molar-refractivity contribution in [2.45, 2.75) is 39.8 Å². The van der Waals surface area contributed by atoms with Crippen LogP contribution in [-0.4, -0.2) is 18.7 Å². The second-order valence-corrected chi connectivity index (χ2v) is 6.19. The highest BCUT2D eigenvalue weighted by atomic mass is 16.7. The molecule has 3 N–H and O–H groups in total. The number of rotatable bonds is 3. The van der Waals surface area contributed by atoms with Gasteiger partial charge in [-0.3, -0.25) is 4.79 Å². The zero-order chi connectivity index (χ0) is 14.9. The molecule has 0 spiro atoms. The molecule has 1 aliphatic rings. The van der Waals surface area contributed by atoms with Crippen molar-refractivity contribution in [3.05, 3.63) is 23.8 Å². The summed E-state index contributed by atoms with van der Waals surface area (Å²) in [5.74, 6) is 1.30. The summed E-state index contributed by atoms with van der Waals surface area (Å²) in [4.78, 5) is 12.1. The van der Waals surface area contributed by atoms with E-state index in [1.807, 2.05) is 45.9 Å². The lowest BCUT2D eigenvalue weighted by atomic mass is 9.86. The second-order valence-electron chi connectivity index (χ2n) is 6.19. The fourth-order valence-electron chi connectivity index (χ4n) is 1.96. The van der Waals surface area contributed by atoms with Gasteiger partial charge in [0, 0.05) is 0 Å². The van der Waals surface area contributed by atoms with Gasteiger partial charge in [-0.2, -0.15) is 0 Å². The number of carbonyl (C=O) groups excluding carboxylic acids is 1. The van der Waals surface area contributed by atoms with E-state index in [0.717, 1.165) is 11.3 Å². The van der Waals surface area contributed by atoms with Crippen LogP contribution in [0, 0.1) is 5.41 Å². The number of fused-ring (bicyclic) bond motifs is 1. The highest BCUT2D eigenvalue weighted by Crippen LogP contribution is 2.34. The zero-order valence-corrected chi connectivity index (χ0v) is 12.4. The van der Waals surface area contributed by atoms with Gasteiger partial charge in [-0.15, -0.1) is 0 Å². The van der Waals surface area contributed by atoms with E-state index in [0.29, 0.717) is 5.75 Å². The molecule has 1 aromatic carbocycles. The summed E-state index contributed by atoms with van der Waals surface area (Å²) in [7, 11) is 0. The van der Waals surface area contributed by atoms with Gasteiger partial charge in [-0.25, -0.2) is 0 Å². The van der Waals surface area contributed by atoms with Gasteiger partial charge < -0.3 is 20.5 Å². The summed E-state index contributed by atoms with van der Waals surface area (Å²) in [6.45, 7) is 8.01. The monoisotopic (exact) mass is 278 g/mol. The summed E-state index contributed by atoms with van der Waals surface area (Å²) in [5, 5.41) is 2.93. The standard InChI is InChI=1S/C15H22N2O3/c1-9(17-14(18)13(16)15(2,3)4)10-5-6-11-12(7-10)20-8-19-11/h5-7,9,13H,8,16H2,1-4H3,(H,17,18)/t9?,13-/m0/s1. The van der Waals surface area contributed by atoms with E-state index < -0.39 is 6.04 Å². The molecular weight excluding hydrogens is 256 g/mol. The smallest absolute Gasteiger partial charge is 0.237 e. The predicted molar refractivity (Wildman–Crippen MR) is 76.6 cm³/mol. The van der Waals surface area contributed by atoms with Gasteiger partial charge in [0.05, 0.1) is 12.1 Å². The maximum Gasteiger partial charge on any atom is 0.237 e. The fraction of sp³-hybridized carbons (Fsp3) is 0.533. The quantitative estimate of drug-likeness (QED) is 0.886. The maximum absolute atomic E-state index is 12.1. The molecule has 20 heavy (non-hydrogen) atoms. The predicted octanol–water partition coefficient (Wildman–Crippen LogP) is 1.97. The SMILES string of the molecule is CC(NC(=O)[C@H](N)C(C)(C)C)c1ccc2c(c1)OCO2. The molecule has 1 unspecified atom stereocenters. The molecular formula is C15H22N2O3. The van der Waals surface area contributed by atoms with Crippen molar-refractivity contribution in [3.63, 3.8) is 0 Å². The highest BCUT2D eigenvalue weighted by molar-refractivity contribution is 5.82. The Balaban J connectivity index is 2.05. The number of ether oxygens (including phenoxy) is 2. The molecule has 5 heteroatoms. The second kappa shape index (κ2) is 5.32. The molecule has 0 bridgehead atoms. The van der Waals surface area contributed by atoms with Crippen LogP contribution >= 0.6 is 0 Å². The summed E-state index contributed by atoms with van der Waals surface area (Å²) < 4.78 is 10.6. The van der Waals surface area contributed by atoms with Crippen molar-refractivity contribution in [3.8, 4) is 11.5 Å². The average molecular weight is 278 g/mol. The number of amides is 1. The third-order valence-corrected chi connectivity index (χ3v) is 3.47. The van der Waals surface area contributed by atoms with Crippen LogP contribution in [0.3, 0.4) is 0 Å². The Morgan fingerprint density at radius 2 is 1.95 bits per heavy atom. The van der Waals surface area contributed by atoms with Gasteiger partial charge in [0.1, 0.15) is 0 Å². The number of hydrogen-bond acceptors (Lipinski definition) is 4. The van der Waals surface area contributed by atoms with Gasteiger partial charge in [-0.1, -0.05) is 26.8 Å². The first-order valence-electron chi connectivity index (χ1n) is 6.74. The Bertz CT molecular complexity index is 508. The fourth-order valence-corrected chi connectivity index (χ4v) is 1.96. The van der Waals surface area contributed by atoms with Crippen LogP contribution in [0.25, 0.3) is 0 Å². The summed E-state index contributed by atoms with van der Waals surface area (Å²) in [6, 6.07) is 4.98. The van der Waals surface area contributed by atoms with Crippen molar-refractivity contribution in [1.29, 1.82) is 0 Å². The Morgan fingerprint density at radius 1 is 1.30 bits per heavy atom. The van der Waals surface area contributed by atoms with Crippen LogP contribution < -0.4 is 20.5 Å². The molecule has 1 heterocycles. The largest absolute Gasteiger partial charge is 0.454 e. The molecule has 110 valence electrons. The van der Waals surface area contributed by atoms with E-state index in [1.54, 1.807) is 0 Å². The van der Waals surface area contributed by atoms with Crippen molar-refractivity contribution in [1.82, 2.24) is 5.32 Å². The average Bonchev–Trinajstić information content (AvgIpc) is 2.83. The van der Waals surface area contributed by atoms with Gasteiger partial charge >= 0.3 is 0 Å². The molecule has 2 rings (SSSR count). The van der Waals surface area contributed by atoms with E-state index >= 15 is 0 Å². The van der Waals surface area contributed by atoms with Crippen LogP contribution in [-0.2, 0) is 4.79 Å². The number of benzene rings is 1. The molecule has 1 amide bonds. The third kappa shape index (κ3) is 3.04. The van der Waals surface area contributed by atoms with E-state index in [1.165, 1.54) is 0 Å². The molecule has 0 radical (unpaired) electrons. The molecule has 0 aliphatic carbocycles. The van der Waals surface area contributed by atoms with Gasteiger partial charge in [-0.05, 0) is 30.0 Å². The Hall–Kier alpha value is -1.75. The maximum atomic E-state index is 12.1. The summed E-state index contributed by atoms with van der Waals surface area (Å²) in [5.41, 5.74) is 6.65. The minimum absolute atomic E-state index is 0.134. The molecule has 1 aromatic rings. The highest BCUT2D eigenvalue weighted by Gasteiger charge is 2.28. The van der Waals surface area contributed by atoms with Crippen molar-refractivity contribution >= 4 is 5.91 Å². The van der Waals surface area contributed by atoms with Crippen molar-refractivity contribution in [2.24, 2.45) is 11.1 Å². The first-order chi connectivity index (χ1) is 9.29. The van der Waals surface area contributed by atoms with Crippen molar-refractivity contribution < 1.29 is 14.3 Å². The topological polar surface area (TPSA) is 73.6 Å². The summed E-state index contributed by atoms with van der Waals surface area (Å²) >= 11 is 0. The lowest BCUT2D eigenvalue weighted by molar-refractivity contribution is -0.125. The molecule has 0 aromatic heterocycles. The van der Waals surface area contributed by atoms with E-state index in [4.69, 9.17) is 15.2 Å². The minimum Gasteiger partial charge on any atom is -0.454 e. The lowest BCUT2D eigenvalue weighted by Crippen LogP contribution is -2.49. The molecule has 0 saturated heterocycles. The minimum atomic E-state index is -0.543. The Labute approximate surface area is 119 Å². The molecule has 0 fully saturated rings. The van der Waals surface area contributed by atoms with E-state index in [2.05, 4.69) is 5.32 Å². The van der Waals surface area contributed by atoms with Gasteiger partial charge in [0.15, 0.2) is 11.5 Å². The summed E-state index contributed by atoms with van der Waals surface area (Å²) in [6.07, 6.45) is 0. The normalized spacial score (nSPS) is 16.6. The first-order valence-corrected chi connectivity index (χ1v) is 6.74. The van der Waals surface area contributed by atoms with E-state index in [9.17, 15) is 4.79 Å². The van der Waals surface area contributed by atoms with Crippen LogP contribution in [0.1, 0.15) is 39.3 Å². The van der Waals surface area contributed by atoms with E-state index in [-0.39, 0.29) is 24.2 Å². The molecule has 5 nitrogen and oxygen atoms in total. The van der Waals surface area contributed by atoms with Crippen LogP contribution in [0.5, 0.6) is 11.5 Å². The van der Waals surface area contributed by atoms with Gasteiger partial charge in [0.25, 0.3) is 0 Å². The molecule has 1 aliphatic heterocycles. The Morgan fingerprint density at radius 3 is 2.60 bits per heavy atom. The number of nitrogens with two attached hydrogens (primary N) is 1. The van der Waals surface area contributed by atoms with Crippen LogP contribution in [0.2, 0.25) is 0 Å². The number of hydrogen-bond donors (Lipinski definition) is 2. The van der Waals surface area contributed by atoms with Crippen LogP contribution in [0.4, 0.5) is 0 Å². The van der Waals surface area contributed by atoms with Gasteiger partial charge in [0.2, 0.25) is 12.7 Å². The van der Waals surface area contributed by atoms with Crippen molar-refractivity contribution in [2.75, 3.05) is 6.79 Å². The number of nitrogens with one attached hydrogen (secondary N) is 1. The molecule has 2 atom stereocenters. The first kappa shape index (κ1) is 14.7. The number of carbonyl (C=O) groups is 1. The Kier molecular flexibility index (Phi) is 3.90. The lowest BCUT2D eigenvalue weighted by Gasteiger charge is -2.27.